The van der Waals surface area contributed by atoms with Gasteiger partial charge in [0.1, 0.15) is 0 Å². The van der Waals surface area contributed by atoms with Crippen LogP contribution in [-0.4, -0.2) is 27.5 Å². The molecule has 0 bridgehead atoms. The number of benzene rings is 2. The van der Waals surface area contributed by atoms with Crippen LogP contribution >= 0.6 is 11.6 Å². The molecule has 0 spiro atoms. The van der Waals surface area contributed by atoms with Crippen LogP contribution in [0, 0.1) is 10.1 Å². The lowest BCUT2D eigenvalue weighted by molar-refractivity contribution is -0.384. The number of carbonyl (C=O) groups excluding carboxylic acids is 2. The highest BCUT2D eigenvalue weighted by Gasteiger charge is 2.19. The zero-order chi connectivity index (χ0) is 22.5. The van der Waals surface area contributed by atoms with Gasteiger partial charge in [0.25, 0.3) is 11.6 Å². The predicted octanol–water partition coefficient (Wildman–Crippen LogP) is 3.51. The minimum absolute atomic E-state index is 0.0458. The Bertz CT molecular complexity index is 1200. The van der Waals surface area contributed by atoms with E-state index in [1.807, 2.05) is 0 Å². The molecule has 1 heterocycles. The van der Waals surface area contributed by atoms with E-state index in [0.717, 1.165) is 0 Å². The largest absolute Gasteiger partial charge is 0.453 e. The molecular formula is C20H18ClN3O7. The molecule has 1 amide bonds. The highest BCUT2D eigenvalue weighted by molar-refractivity contribution is 6.33. The molecule has 3 aromatic rings. The number of ether oxygens (including phenoxy) is 1. The van der Waals surface area contributed by atoms with Crippen LogP contribution in [0.2, 0.25) is 5.02 Å². The van der Waals surface area contributed by atoms with E-state index in [1.54, 1.807) is 24.3 Å². The molecule has 2 aromatic carbocycles. The summed E-state index contributed by atoms with van der Waals surface area (Å²) in [5, 5.41) is 13.8. The van der Waals surface area contributed by atoms with Gasteiger partial charge >= 0.3 is 11.7 Å². The van der Waals surface area contributed by atoms with Gasteiger partial charge in [-0.05, 0) is 31.5 Å². The number of non-ortho nitro benzene ring substituents is 1. The van der Waals surface area contributed by atoms with E-state index < -0.39 is 28.7 Å². The number of hydrogen-bond donors (Lipinski definition) is 1. The summed E-state index contributed by atoms with van der Waals surface area (Å²) in [6, 6.07) is 10.5. The standard InChI is InChI=1S/C20H18ClN3O7/c1-12(19(26)22-15-6-3-2-5-14(15)21)30-18(25)7-4-10-23-16-9-8-13(24(28)29)11-17(16)31-20(23)27/h2-3,5-6,8-9,11-12H,4,7,10H2,1H3,(H,22,26). The molecule has 1 N–H and O–H groups in total. The van der Waals surface area contributed by atoms with E-state index in [4.69, 9.17) is 20.8 Å². The zero-order valence-corrected chi connectivity index (χ0v) is 17.1. The van der Waals surface area contributed by atoms with Gasteiger partial charge in [-0.1, -0.05) is 23.7 Å². The molecule has 0 saturated heterocycles. The maximum atomic E-state index is 12.2. The molecule has 1 unspecified atom stereocenters. The number of fused-ring (bicyclic) bond motifs is 1. The summed E-state index contributed by atoms with van der Waals surface area (Å²) in [5.74, 6) is -1.82. The Morgan fingerprint density at radius 2 is 2.03 bits per heavy atom. The third-order valence-corrected chi connectivity index (χ3v) is 4.76. The van der Waals surface area contributed by atoms with E-state index >= 15 is 0 Å². The van der Waals surface area contributed by atoms with Crippen LogP contribution in [0.3, 0.4) is 0 Å². The molecule has 0 aliphatic heterocycles. The van der Waals surface area contributed by atoms with E-state index in [2.05, 4.69) is 5.32 Å². The maximum absolute atomic E-state index is 12.2. The Morgan fingerprint density at radius 1 is 1.29 bits per heavy atom. The smallest absolute Gasteiger partial charge is 0.419 e. The van der Waals surface area contributed by atoms with E-state index in [0.29, 0.717) is 16.2 Å². The average Bonchev–Trinajstić information content (AvgIpc) is 3.04. The van der Waals surface area contributed by atoms with Crippen LogP contribution in [0.5, 0.6) is 0 Å². The minimum atomic E-state index is -1.04. The van der Waals surface area contributed by atoms with Crippen molar-refractivity contribution in [3.8, 4) is 0 Å². The van der Waals surface area contributed by atoms with Crippen LogP contribution in [0.1, 0.15) is 19.8 Å². The number of amides is 1. The van der Waals surface area contributed by atoms with Gasteiger partial charge in [-0.2, -0.15) is 0 Å². The van der Waals surface area contributed by atoms with Gasteiger partial charge in [-0.15, -0.1) is 0 Å². The summed E-state index contributed by atoms with van der Waals surface area (Å²) < 4.78 is 11.4. The molecule has 1 aromatic heterocycles. The lowest BCUT2D eigenvalue weighted by Gasteiger charge is -2.14. The van der Waals surface area contributed by atoms with Gasteiger partial charge in [0.15, 0.2) is 11.7 Å². The van der Waals surface area contributed by atoms with Crippen LogP contribution in [0.15, 0.2) is 51.7 Å². The molecular weight excluding hydrogens is 430 g/mol. The Hall–Kier alpha value is -3.66. The van der Waals surface area contributed by atoms with Crippen molar-refractivity contribution < 1.29 is 23.7 Å². The van der Waals surface area contributed by atoms with E-state index in [-0.39, 0.29) is 30.7 Å². The number of aromatic nitrogens is 1. The van der Waals surface area contributed by atoms with Gasteiger partial charge in [0.2, 0.25) is 0 Å². The number of carbonyl (C=O) groups is 2. The van der Waals surface area contributed by atoms with Crippen LogP contribution in [-0.2, 0) is 20.9 Å². The summed E-state index contributed by atoms with van der Waals surface area (Å²) in [5.41, 5.74) is 0.688. The van der Waals surface area contributed by atoms with Gasteiger partial charge in [-0.25, -0.2) is 4.79 Å². The Morgan fingerprint density at radius 3 is 2.74 bits per heavy atom. The van der Waals surface area contributed by atoms with Crippen molar-refractivity contribution in [2.45, 2.75) is 32.4 Å². The number of nitrogens with one attached hydrogen (secondary N) is 1. The van der Waals surface area contributed by atoms with Crippen molar-refractivity contribution in [1.82, 2.24) is 4.57 Å². The second-order valence-corrected chi connectivity index (χ2v) is 7.04. The molecule has 0 saturated carbocycles. The predicted molar refractivity (Wildman–Crippen MR) is 112 cm³/mol. The molecule has 31 heavy (non-hydrogen) atoms. The van der Waals surface area contributed by atoms with Crippen molar-refractivity contribution >= 4 is 46.0 Å². The van der Waals surface area contributed by atoms with Crippen molar-refractivity contribution in [3.63, 3.8) is 0 Å². The second-order valence-electron chi connectivity index (χ2n) is 6.63. The van der Waals surface area contributed by atoms with E-state index in [1.165, 1.54) is 29.7 Å². The number of anilines is 1. The molecule has 0 aliphatic rings. The minimum Gasteiger partial charge on any atom is -0.453 e. The van der Waals surface area contributed by atoms with Crippen molar-refractivity contribution in [2.75, 3.05) is 5.32 Å². The summed E-state index contributed by atoms with van der Waals surface area (Å²) in [6.07, 6.45) is -0.847. The number of para-hydroxylation sites is 1. The lowest BCUT2D eigenvalue weighted by Crippen LogP contribution is -2.30. The SMILES string of the molecule is CC(OC(=O)CCCn1c(=O)oc2cc([N+](=O)[O-])ccc21)C(=O)Nc1ccccc1Cl. The first-order chi connectivity index (χ1) is 14.8. The first-order valence-corrected chi connectivity index (χ1v) is 9.66. The monoisotopic (exact) mass is 447 g/mol. The Kier molecular flexibility index (Phi) is 6.71. The van der Waals surface area contributed by atoms with Crippen molar-refractivity contribution in [3.05, 3.63) is 68.2 Å². The van der Waals surface area contributed by atoms with Crippen molar-refractivity contribution in [1.29, 1.82) is 0 Å². The van der Waals surface area contributed by atoms with Gasteiger partial charge in [0, 0.05) is 19.0 Å². The van der Waals surface area contributed by atoms with Crippen LogP contribution in [0.25, 0.3) is 11.1 Å². The fourth-order valence-corrected chi connectivity index (χ4v) is 3.05. The molecule has 0 aliphatic carbocycles. The Labute approximate surface area is 180 Å². The lowest BCUT2D eigenvalue weighted by atomic mass is 10.2. The highest BCUT2D eigenvalue weighted by Crippen LogP contribution is 2.21. The number of halogens is 1. The Balaban J connectivity index is 1.53. The summed E-state index contributed by atoms with van der Waals surface area (Å²) in [4.78, 5) is 46.5. The van der Waals surface area contributed by atoms with E-state index in [9.17, 15) is 24.5 Å². The molecule has 0 fully saturated rings. The van der Waals surface area contributed by atoms with Gasteiger partial charge in [-0.3, -0.25) is 24.3 Å². The highest BCUT2D eigenvalue weighted by atomic mass is 35.5. The third-order valence-electron chi connectivity index (χ3n) is 4.43. The summed E-state index contributed by atoms with van der Waals surface area (Å²) in [7, 11) is 0. The normalized spacial score (nSPS) is 11.8. The quantitative estimate of drug-likeness (QED) is 0.317. The second kappa shape index (κ2) is 9.43. The van der Waals surface area contributed by atoms with Gasteiger partial charge in [0.05, 0.1) is 27.2 Å². The molecule has 3 rings (SSSR count). The fraction of sp³-hybridized carbons (Fsp3) is 0.250. The average molecular weight is 448 g/mol. The van der Waals surface area contributed by atoms with Crippen LogP contribution in [0.4, 0.5) is 11.4 Å². The first-order valence-electron chi connectivity index (χ1n) is 9.29. The number of nitro groups is 1. The summed E-state index contributed by atoms with van der Waals surface area (Å²) in [6.45, 7) is 1.57. The molecule has 10 nitrogen and oxygen atoms in total. The maximum Gasteiger partial charge on any atom is 0.419 e. The van der Waals surface area contributed by atoms with Gasteiger partial charge < -0.3 is 14.5 Å². The molecule has 0 radical (unpaired) electrons. The number of aryl methyl sites for hydroxylation is 1. The molecule has 11 heteroatoms. The first kappa shape index (κ1) is 22.0. The number of rotatable bonds is 8. The molecule has 1 atom stereocenters. The number of esters is 1. The third kappa shape index (κ3) is 5.28. The van der Waals surface area contributed by atoms with Crippen molar-refractivity contribution in [2.24, 2.45) is 0 Å². The summed E-state index contributed by atoms with van der Waals surface area (Å²) >= 11 is 5.98. The zero-order valence-electron chi connectivity index (χ0n) is 16.4. The number of nitro benzene ring substituents is 1. The fourth-order valence-electron chi connectivity index (χ4n) is 2.87. The molecule has 162 valence electrons. The topological polar surface area (TPSA) is 134 Å². The van der Waals surface area contributed by atoms with Crippen LogP contribution < -0.4 is 11.1 Å². The number of hydrogen-bond acceptors (Lipinski definition) is 7. The number of nitrogens with zero attached hydrogens (tertiary/aromatic N) is 2. The number of oxazole rings is 1.